The number of rotatable bonds is 8. The van der Waals surface area contributed by atoms with Crippen molar-refractivity contribution in [2.24, 2.45) is 0 Å². The van der Waals surface area contributed by atoms with E-state index in [0.29, 0.717) is 43.1 Å². The third-order valence-electron chi connectivity index (χ3n) is 5.98. The number of amides is 2. The lowest BCUT2D eigenvalue weighted by Gasteiger charge is -2.31. The largest absolute Gasteiger partial charge is 0.490 e. The fraction of sp³-hybridized carbons (Fsp3) is 0.423. The predicted molar refractivity (Wildman–Crippen MR) is 149 cm³/mol. The van der Waals surface area contributed by atoms with E-state index in [9.17, 15) is 31.2 Å². The van der Waals surface area contributed by atoms with Crippen LogP contribution in [0.25, 0.3) is 0 Å². The van der Waals surface area contributed by atoms with Gasteiger partial charge in [0.1, 0.15) is 4.90 Å². The van der Waals surface area contributed by atoms with Crippen LogP contribution in [-0.4, -0.2) is 81.7 Å². The number of halogens is 3. The van der Waals surface area contributed by atoms with Crippen LogP contribution in [-0.2, 0) is 19.6 Å². The van der Waals surface area contributed by atoms with Crippen LogP contribution in [0.5, 0.6) is 0 Å². The van der Waals surface area contributed by atoms with Gasteiger partial charge in [-0.25, -0.2) is 13.2 Å². The highest BCUT2D eigenvalue weighted by Gasteiger charge is 2.38. The van der Waals surface area contributed by atoms with Gasteiger partial charge in [-0.2, -0.15) is 13.2 Å². The number of anilines is 3. The van der Waals surface area contributed by atoms with Gasteiger partial charge in [0.05, 0.1) is 17.1 Å². The number of alkyl halides is 3. The number of carboxylic acids is 1. The topological polar surface area (TPSA) is 148 Å². The van der Waals surface area contributed by atoms with E-state index >= 15 is 0 Å². The first kappa shape index (κ1) is 33.4. The highest BCUT2D eigenvalue weighted by atomic mass is 32.2. The summed E-state index contributed by atoms with van der Waals surface area (Å²) in [5.41, 5.74) is 2.38. The quantitative estimate of drug-likeness (QED) is 0.361. The number of hydrogen-bond donors (Lipinski definition) is 4. The van der Waals surface area contributed by atoms with Gasteiger partial charge in [-0.05, 0) is 56.7 Å². The van der Waals surface area contributed by atoms with E-state index in [1.54, 1.807) is 42.2 Å². The number of carbonyl (C=O) groups excluding carboxylic acids is 2. The number of sulfonamides is 1. The van der Waals surface area contributed by atoms with Gasteiger partial charge < -0.3 is 25.5 Å². The molecule has 1 aliphatic rings. The molecule has 0 bridgehead atoms. The number of carbonyl (C=O) groups is 3. The molecule has 15 heteroatoms. The molecule has 0 atom stereocenters. The molecule has 1 heterocycles. The summed E-state index contributed by atoms with van der Waals surface area (Å²) in [6.45, 7) is 11.0. The maximum atomic E-state index is 13.5. The third-order valence-corrected chi connectivity index (χ3v) is 7.38. The molecule has 1 aliphatic heterocycles. The molecular formula is C26H34F3N5O6S. The molecule has 0 saturated carbocycles. The van der Waals surface area contributed by atoms with Crippen LogP contribution in [0.3, 0.4) is 0 Å². The second-order valence-corrected chi connectivity index (χ2v) is 10.7. The smallest absolute Gasteiger partial charge is 0.475 e. The molecular weight excluding hydrogens is 567 g/mol. The summed E-state index contributed by atoms with van der Waals surface area (Å²) in [5.74, 6) is -3.28. The van der Waals surface area contributed by atoms with Crippen LogP contribution >= 0.6 is 0 Å². The Bertz CT molecular complexity index is 1360. The Kier molecular flexibility index (Phi) is 11.5. The second kappa shape index (κ2) is 14.2. The van der Waals surface area contributed by atoms with E-state index < -0.39 is 22.2 Å². The highest BCUT2D eigenvalue weighted by molar-refractivity contribution is 7.93. The van der Waals surface area contributed by atoms with E-state index in [-0.39, 0.29) is 22.4 Å². The third kappa shape index (κ3) is 9.35. The van der Waals surface area contributed by atoms with Crippen molar-refractivity contribution in [1.29, 1.82) is 0 Å². The zero-order valence-corrected chi connectivity index (χ0v) is 23.9. The molecule has 1 fully saturated rings. The van der Waals surface area contributed by atoms with Crippen molar-refractivity contribution < 1.29 is 41.1 Å². The standard InChI is InChI=1S/C24H33N5O4S.C2HF3O2/c1-5-28(6-2)24(31)19-8-10-22(29-13-11-25-12-14-29)21(16-19)27-34(32,33)23-15-17(3)7-9-20(23)26-18(4)30;3-2(4,5)1(6)7/h7-10,15-16,25,27H,5-6,11-14H2,1-4H3,(H,26,30);(H,6,7). The minimum atomic E-state index is -5.08. The first-order chi connectivity index (χ1) is 19.1. The zero-order chi connectivity index (χ0) is 31.0. The van der Waals surface area contributed by atoms with Crippen LogP contribution in [0, 0.1) is 6.92 Å². The second-order valence-electron chi connectivity index (χ2n) is 9.04. The number of benzene rings is 2. The van der Waals surface area contributed by atoms with Gasteiger partial charge in [-0.3, -0.25) is 14.3 Å². The number of piperazine rings is 1. The number of nitrogens with zero attached hydrogens (tertiary/aromatic N) is 2. The first-order valence-electron chi connectivity index (χ1n) is 12.7. The zero-order valence-electron chi connectivity index (χ0n) is 23.1. The Balaban J connectivity index is 0.000000745. The minimum absolute atomic E-state index is 0.0329. The molecule has 0 aromatic heterocycles. The molecule has 0 spiro atoms. The first-order valence-corrected chi connectivity index (χ1v) is 14.2. The van der Waals surface area contributed by atoms with Gasteiger partial charge in [-0.1, -0.05) is 6.07 Å². The SMILES string of the molecule is CCN(CC)C(=O)c1ccc(N2CCNCC2)c(NS(=O)(=O)c2cc(C)ccc2NC(C)=O)c1.O=C(O)C(F)(F)F. The number of aryl methyl sites for hydroxylation is 1. The van der Waals surface area contributed by atoms with Crippen LogP contribution in [0.15, 0.2) is 41.3 Å². The maximum absolute atomic E-state index is 13.5. The van der Waals surface area contributed by atoms with Crippen LogP contribution in [0.1, 0.15) is 36.7 Å². The Labute approximate surface area is 236 Å². The Morgan fingerprint density at radius 2 is 1.61 bits per heavy atom. The van der Waals surface area contributed by atoms with Crippen molar-refractivity contribution in [3.8, 4) is 0 Å². The maximum Gasteiger partial charge on any atom is 0.490 e. The van der Waals surface area contributed by atoms with E-state index in [1.807, 2.05) is 13.8 Å². The van der Waals surface area contributed by atoms with Crippen molar-refractivity contribution in [1.82, 2.24) is 10.2 Å². The van der Waals surface area contributed by atoms with Crippen LogP contribution < -0.4 is 20.3 Å². The predicted octanol–water partition coefficient (Wildman–Crippen LogP) is 3.28. The van der Waals surface area contributed by atoms with Gasteiger partial charge in [0, 0.05) is 51.8 Å². The van der Waals surface area contributed by atoms with Crippen molar-refractivity contribution in [2.75, 3.05) is 54.2 Å². The summed E-state index contributed by atoms with van der Waals surface area (Å²) in [6, 6.07) is 9.96. The average Bonchev–Trinajstić information content (AvgIpc) is 2.90. The molecule has 4 N–H and O–H groups in total. The van der Waals surface area contributed by atoms with E-state index in [0.717, 1.165) is 18.7 Å². The van der Waals surface area contributed by atoms with E-state index in [1.165, 1.54) is 13.0 Å². The molecule has 2 aromatic carbocycles. The van der Waals surface area contributed by atoms with Crippen molar-refractivity contribution in [2.45, 2.75) is 38.8 Å². The molecule has 3 rings (SSSR count). The van der Waals surface area contributed by atoms with Gasteiger partial charge in [0.25, 0.3) is 15.9 Å². The van der Waals surface area contributed by atoms with Crippen LogP contribution in [0.4, 0.5) is 30.2 Å². The molecule has 11 nitrogen and oxygen atoms in total. The fourth-order valence-electron chi connectivity index (χ4n) is 3.97. The molecule has 1 saturated heterocycles. The molecule has 2 aromatic rings. The average molecular weight is 602 g/mol. The van der Waals surface area contributed by atoms with Gasteiger partial charge in [-0.15, -0.1) is 0 Å². The lowest BCUT2D eigenvalue weighted by Crippen LogP contribution is -2.43. The summed E-state index contributed by atoms with van der Waals surface area (Å²) in [5, 5.41) is 13.0. The Morgan fingerprint density at radius 1 is 1.02 bits per heavy atom. The summed E-state index contributed by atoms with van der Waals surface area (Å²) in [7, 11) is -4.08. The summed E-state index contributed by atoms with van der Waals surface area (Å²) in [6.07, 6.45) is -5.08. The van der Waals surface area contributed by atoms with Crippen molar-refractivity contribution in [3.05, 3.63) is 47.5 Å². The fourth-order valence-corrected chi connectivity index (χ4v) is 5.28. The van der Waals surface area contributed by atoms with Crippen molar-refractivity contribution in [3.63, 3.8) is 0 Å². The summed E-state index contributed by atoms with van der Waals surface area (Å²) >= 11 is 0. The number of aliphatic carboxylic acids is 1. The monoisotopic (exact) mass is 601 g/mol. The Morgan fingerprint density at radius 3 is 2.12 bits per heavy atom. The van der Waals surface area contributed by atoms with Crippen LogP contribution in [0.2, 0.25) is 0 Å². The van der Waals surface area contributed by atoms with Gasteiger partial charge in [0.15, 0.2) is 0 Å². The summed E-state index contributed by atoms with van der Waals surface area (Å²) in [4.78, 5) is 37.3. The number of hydrogen-bond acceptors (Lipinski definition) is 7. The lowest BCUT2D eigenvalue weighted by atomic mass is 10.1. The minimum Gasteiger partial charge on any atom is -0.475 e. The van der Waals surface area contributed by atoms with Gasteiger partial charge >= 0.3 is 12.1 Å². The molecule has 0 radical (unpaired) electrons. The summed E-state index contributed by atoms with van der Waals surface area (Å²) < 4.78 is 61.5. The highest BCUT2D eigenvalue weighted by Crippen LogP contribution is 2.32. The lowest BCUT2D eigenvalue weighted by molar-refractivity contribution is -0.192. The van der Waals surface area contributed by atoms with Crippen molar-refractivity contribution >= 4 is 44.9 Å². The molecule has 226 valence electrons. The van der Waals surface area contributed by atoms with E-state index in [2.05, 4.69) is 20.3 Å². The van der Waals surface area contributed by atoms with Gasteiger partial charge in [0.2, 0.25) is 5.91 Å². The number of carboxylic acid groups (broad SMARTS) is 1. The van der Waals surface area contributed by atoms with E-state index in [4.69, 9.17) is 9.90 Å². The molecule has 0 aliphatic carbocycles. The molecule has 0 unspecified atom stereocenters. The number of nitrogens with one attached hydrogen (secondary N) is 3. The molecule has 41 heavy (non-hydrogen) atoms. The Hall–Kier alpha value is -3.85. The normalized spacial score (nSPS) is 13.5. The molecule has 2 amide bonds.